The largest absolute Gasteiger partial charge is 0.487 e. The van der Waals surface area contributed by atoms with Crippen molar-refractivity contribution in [2.24, 2.45) is 0 Å². The van der Waals surface area contributed by atoms with Crippen molar-refractivity contribution in [2.75, 3.05) is 25.9 Å². The Labute approximate surface area is 101 Å². The molecule has 94 valence electrons. The number of halogens is 1. The van der Waals surface area contributed by atoms with Crippen LogP contribution in [0, 0.1) is 6.92 Å². The van der Waals surface area contributed by atoms with Crippen molar-refractivity contribution in [3.8, 4) is 5.75 Å². The molecule has 0 saturated carbocycles. The number of benzene rings is 1. The highest BCUT2D eigenvalue weighted by Gasteiger charge is 2.29. The smallest absolute Gasteiger partial charge is 0.149 e. The van der Waals surface area contributed by atoms with Gasteiger partial charge < -0.3 is 15.4 Å². The highest BCUT2D eigenvalue weighted by atomic mass is 19.1. The zero-order chi connectivity index (χ0) is 12.4. The van der Waals surface area contributed by atoms with Gasteiger partial charge in [-0.1, -0.05) is 0 Å². The topological polar surface area (TPSA) is 38.5 Å². The summed E-state index contributed by atoms with van der Waals surface area (Å²) in [6, 6.07) is 5.44. The Morgan fingerprint density at radius 3 is 2.88 bits per heavy atom. The lowest BCUT2D eigenvalue weighted by atomic mass is 10.1. The minimum Gasteiger partial charge on any atom is -0.487 e. The Kier molecular flexibility index (Phi) is 3.52. The Morgan fingerprint density at radius 1 is 1.47 bits per heavy atom. The molecule has 2 N–H and O–H groups in total. The highest BCUT2D eigenvalue weighted by molar-refractivity contribution is 5.47. The van der Waals surface area contributed by atoms with Crippen LogP contribution < -0.4 is 10.5 Å². The van der Waals surface area contributed by atoms with Gasteiger partial charge in [-0.25, -0.2) is 4.39 Å². The van der Waals surface area contributed by atoms with Crippen molar-refractivity contribution >= 4 is 5.69 Å². The first-order chi connectivity index (χ1) is 8.06. The summed E-state index contributed by atoms with van der Waals surface area (Å²) in [5.74, 6) is 0.733. The Morgan fingerprint density at radius 2 is 2.24 bits per heavy atom. The van der Waals surface area contributed by atoms with Crippen molar-refractivity contribution in [3.05, 3.63) is 23.8 Å². The van der Waals surface area contributed by atoms with Crippen LogP contribution in [0.5, 0.6) is 5.75 Å². The summed E-state index contributed by atoms with van der Waals surface area (Å²) in [6.07, 6.45) is -0.541. The van der Waals surface area contributed by atoms with E-state index in [1.807, 2.05) is 31.0 Å². The molecule has 0 aromatic heterocycles. The molecule has 0 spiro atoms. The van der Waals surface area contributed by atoms with Gasteiger partial charge >= 0.3 is 0 Å². The van der Waals surface area contributed by atoms with Crippen molar-refractivity contribution < 1.29 is 9.13 Å². The molecule has 2 atom stereocenters. The number of ether oxygens (including phenoxy) is 1. The van der Waals surface area contributed by atoms with Crippen molar-refractivity contribution in [3.63, 3.8) is 0 Å². The van der Waals surface area contributed by atoms with E-state index in [2.05, 4.69) is 0 Å². The first kappa shape index (κ1) is 12.2. The van der Waals surface area contributed by atoms with Crippen LogP contribution in [0.4, 0.5) is 10.1 Å². The molecule has 1 heterocycles. The summed E-state index contributed by atoms with van der Waals surface area (Å²) >= 11 is 0. The number of piperidine rings is 1. The molecule has 17 heavy (non-hydrogen) atoms. The highest BCUT2D eigenvalue weighted by Crippen LogP contribution is 2.25. The molecule has 0 amide bonds. The van der Waals surface area contributed by atoms with Crippen LogP contribution in [0.25, 0.3) is 0 Å². The van der Waals surface area contributed by atoms with E-state index >= 15 is 0 Å². The standard InChI is InChI=1S/C13H19FN2O/c1-9-7-10(15)3-4-12(9)17-13-5-6-16(2)8-11(13)14/h3-4,7,11,13H,5-6,8,15H2,1-2H3/t11-,13+/m0/s1. The van der Waals surface area contributed by atoms with Crippen LogP contribution in [-0.2, 0) is 0 Å². The second-order valence-electron chi connectivity index (χ2n) is 4.75. The summed E-state index contributed by atoms with van der Waals surface area (Å²) in [5.41, 5.74) is 7.33. The fourth-order valence-corrected chi connectivity index (χ4v) is 2.14. The lowest BCUT2D eigenvalue weighted by Gasteiger charge is -2.32. The molecule has 1 fully saturated rings. The maximum Gasteiger partial charge on any atom is 0.149 e. The quantitative estimate of drug-likeness (QED) is 0.801. The van der Waals surface area contributed by atoms with E-state index in [0.717, 1.165) is 24.3 Å². The van der Waals surface area contributed by atoms with Gasteiger partial charge in [-0.05, 0) is 44.2 Å². The third-order valence-corrected chi connectivity index (χ3v) is 3.16. The molecule has 0 bridgehead atoms. The van der Waals surface area contributed by atoms with Gasteiger partial charge in [0, 0.05) is 18.8 Å². The number of nitrogens with two attached hydrogens (primary N) is 1. The van der Waals surface area contributed by atoms with Crippen LogP contribution in [0.3, 0.4) is 0 Å². The SMILES string of the molecule is Cc1cc(N)ccc1O[C@@H]1CCN(C)C[C@@H]1F. The normalized spacial score (nSPS) is 25.8. The Hall–Kier alpha value is -1.29. The monoisotopic (exact) mass is 238 g/mol. The van der Waals surface area contributed by atoms with Gasteiger partial charge in [-0.3, -0.25) is 0 Å². The fraction of sp³-hybridized carbons (Fsp3) is 0.538. The zero-order valence-electron chi connectivity index (χ0n) is 10.3. The lowest BCUT2D eigenvalue weighted by molar-refractivity contribution is 0.0310. The van der Waals surface area contributed by atoms with Crippen LogP contribution in [0.15, 0.2) is 18.2 Å². The van der Waals surface area contributed by atoms with E-state index < -0.39 is 6.17 Å². The van der Waals surface area contributed by atoms with Crippen LogP contribution in [-0.4, -0.2) is 37.3 Å². The number of nitrogen functional groups attached to an aromatic ring is 1. The minimum absolute atomic E-state index is 0.339. The number of hydrogen-bond donors (Lipinski definition) is 1. The van der Waals surface area contributed by atoms with E-state index in [1.165, 1.54) is 0 Å². The second kappa shape index (κ2) is 4.92. The minimum atomic E-state index is -0.925. The summed E-state index contributed by atoms with van der Waals surface area (Å²) in [4.78, 5) is 1.99. The molecule has 0 radical (unpaired) electrons. The third kappa shape index (κ3) is 2.88. The van der Waals surface area contributed by atoms with Crippen molar-refractivity contribution in [2.45, 2.75) is 25.6 Å². The second-order valence-corrected chi connectivity index (χ2v) is 4.75. The maximum absolute atomic E-state index is 13.8. The van der Waals surface area contributed by atoms with Gasteiger partial charge in [-0.15, -0.1) is 0 Å². The summed E-state index contributed by atoms with van der Waals surface area (Å²) in [6.45, 7) is 3.24. The molecule has 4 heteroatoms. The Bertz CT molecular complexity index is 397. The average molecular weight is 238 g/mol. The number of alkyl halides is 1. The van der Waals surface area contributed by atoms with Gasteiger partial charge in [0.1, 0.15) is 18.0 Å². The number of hydrogen-bond acceptors (Lipinski definition) is 3. The van der Waals surface area contributed by atoms with E-state index in [1.54, 1.807) is 6.07 Å². The molecule has 3 nitrogen and oxygen atoms in total. The van der Waals surface area contributed by atoms with E-state index in [9.17, 15) is 4.39 Å². The molecule has 0 aliphatic carbocycles. The van der Waals surface area contributed by atoms with E-state index in [4.69, 9.17) is 10.5 Å². The molecule has 0 unspecified atom stereocenters. The molecule has 2 rings (SSSR count). The van der Waals surface area contributed by atoms with Gasteiger partial charge in [0.05, 0.1) is 0 Å². The summed E-state index contributed by atoms with van der Waals surface area (Å²) in [5, 5.41) is 0. The molecular weight excluding hydrogens is 219 g/mol. The number of nitrogens with zero attached hydrogens (tertiary/aromatic N) is 1. The number of likely N-dealkylation sites (tertiary alicyclic amines) is 1. The molecule has 1 aromatic rings. The lowest BCUT2D eigenvalue weighted by Crippen LogP contribution is -2.45. The molecule has 1 saturated heterocycles. The zero-order valence-corrected chi connectivity index (χ0v) is 10.3. The van der Waals surface area contributed by atoms with Crippen LogP contribution >= 0.6 is 0 Å². The molecule has 1 aromatic carbocycles. The third-order valence-electron chi connectivity index (χ3n) is 3.16. The van der Waals surface area contributed by atoms with Crippen molar-refractivity contribution in [1.82, 2.24) is 4.90 Å². The molecular formula is C13H19FN2O. The number of anilines is 1. The van der Waals surface area contributed by atoms with Crippen LogP contribution in [0.2, 0.25) is 0 Å². The van der Waals surface area contributed by atoms with Gasteiger partial charge in [-0.2, -0.15) is 0 Å². The first-order valence-electron chi connectivity index (χ1n) is 5.91. The average Bonchev–Trinajstić information content (AvgIpc) is 2.25. The molecule has 1 aliphatic rings. The number of rotatable bonds is 2. The molecule has 1 aliphatic heterocycles. The van der Waals surface area contributed by atoms with Gasteiger partial charge in [0.15, 0.2) is 0 Å². The summed E-state index contributed by atoms with van der Waals surface area (Å²) in [7, 11) is 1.93. The fourth-order valence-electron chi connectivity index (χ4n) is 2.14. The van der Waals surface area contributed by atoms with Gasteiger partial charge in [0.25, 0.3) is 0 Å². The van der Waals surface area contributed by atoms with Crippen LogP contribution in [0.1, 0.15) is 12.0 Å². The Balaban J connectivity index is 2.05. The number of aryl methyl sites for hydroxylation is 1. The van der Waals surface area contributed by atoms with E-state index in [0.29, 0.717) is 12.2 Å². The van der Waals surface area contributed by atoms with E-state index in [-0.39, 0.29) is 6.10 Å². The first-order valence-corrected chi connectivity index (χ1v) is 5.91. The summed E-state index contributed by atoms with van der Waals surface area (Å²) < 4.78 is 19.5. The maximum atomic E-state index is 13.8. The predicted molar refractivity (Wildman–Crippen MR) is 67.0 cm³/mol. The van der Waals surface area contributed by atoms with Gasteiger partial charge in [0.2, 0.25) is 0 Å². The van der Waals surface area contributed by atoms with Crippen molar-refractivity contribution in [1.29, 1.82) is 0 Å². The predicted octanol–water partition coefficient (Wildman–Crippen LogP) is 2.00.